The van der Waals surface area contributed by atoms with E-state index in [-0.39, 0.29) is 29.8 Å². The summed E-state index contributed by atoms with van der Waals surface area (Å²) in [7, 11) is -2.61. The fourth-order valence-corrected chi connectivity index (χ4v) is 5.22. The minimum Gasteiger partial charge on any atom is -0.352 e. The van der Waals surface area contributed by atoms with E-state index in [0.717, 1.165) is 21.0 Å². The van der Waals surface area contributed by atoms with Gasteiger partial charge in [0.1, 0.15) is 6.04 Å². The van der Waals surface area contributed by atoms with Gasteiger partial charge in [0.2, 0.25) is 21.8 Å². The maximum absolute atomic E-state index is 13.8. The number of nitrogens with zero attached hydrogens (tertiary/aromatic N) is 2. The standard InChI is InChI=1S/C29H34ClN3O4S/c1-21(2)31-29(35)27(18-23-8-6-5-7-9-23)33(19-24-12-10-22(3)11-13-24)28(34)20-32(4)38(36,37)26-16-14-25(30)15-17-26/h5-17,21,27H,18-20H2,1-4H3,(H,31,35). The van der Waals surface area contributed by atoms with Gasteiger partial charge in [-0.05, 0) is 56.2 Å². The van der Waals surface area contributed by atoms with Gasteiger partial charge in [0.15, 0.2) is 0 Å². The third-order valence-corrected chi connectivity index (χ3v) is 8.12. The highest BCUT2D eigenvalue weighted by molar-refractivity contribution is 7.89. The van der Waals surface area contributed by atoms with Gasteiger partial charge >= 0.3 is 0 Å². The van der Waals surface area contributed by atoms with Crippen LogP contribution in [0.1, 0.15) is 30.5 Å². The summed E-state index contributed by atoms with van der Waals surface area (Å²) in [6, 6.07) is 21.9. The van der Waals surface area contributed by atoms with Gasteiger partial charge in [0, 0.05) is 31.1 Å². The quantitative estimate of drug-likeness (QED) is 0.379. The lowest BCUT2D eigenvalue weighted by Crippen LogP contribution is -2.53. The highest BCUT2D eigenvalue weighted by Crippen LogP contribution is 2.20. The summed E-state index contributed by atoms with van der Waals surface area (Å²) in [5.41, 5.74) is 2.79. The maximum atomic E-state index is 13.8. The van der Waals surface area contributed by atoms with Gasteiger partial charge in [-0.1, -0.05) is 71.8 Å². The molecule has 3 rings (SSSR count). The van der Waals surface area contributed by atoms with Crippen molar-refractivity contribution in [3.8, 4) is 0 Å². The Morgan fingerprint density at radius 3 is 2.08 bits per heavy atom. The van der Waals surface area contributed by atoms with E-state index in [9.17, 15) is 18.0 Å². The second kappa shape index (κ2) is 13.0. The largest absolute Gasteiger partial charge is 0.352 e. The number of halogens is 1. The number of amides is 2. The number of likely N-dealkylation sites (N-methyl/N-ethyl adjacent to an activating group) is 1. The maximum Gasteiger partial charge on any atom is 0.243 e. The van der Waals surface area contributed by atoms with Crippen LogP contribution in [0.2, 0.25) is 5.02 Å². The molecule has 38 heavy (non-hydrogen) atoms. The Balaban J connectivity index is 1.96. The van der Waals surface area contributed by atoms with Crippen LogP contribution in [0, 0.1) is 6.92 Å². The van der Waals surface area contributed by atoms with Crippen LogP contribution in [-0.4, -0.2) is 55.1 Å². The molecule has 0 heterocycles. The number of aryl methyl sites for hydroxylation is 1. The molecule has 0 fully saturated rings. The molecule has 1 atom stereocenters. The molecule has 0 saturated heterocycles. The number of hydrogen-bond donors (Lipinski definition) is 1. The Labute approximate surface area is 230 Å². The van der Waals surface area contributed by atoms with E-state index in [1.807, 2.05) is 75.4 Å². The number of hydrogen-bond acceptors (Lipinski definition) is 4. The van der Waals surface area contributed by atoms with Gasteiger partial charge in [0.05, 0.1) is 11.4 Å². The third kappa shape index (κ3) is 7.90. The van der Waals surface area contributed by atoms with Crippen LogP contribution in [0.5, 0.6) is 0 Å². The molecule has 0 aliphatic carbocycles. The molecule has 2 amide bonds. The first-order valence-corrected chi connectivity index (χ1v) is 14.2. The number of carbonyl (C=O) groups excluding carboxylic acids is 2. The number of benzene rings is 3. The second-order valence-corrected chi connectivity index (χ2v) is 12.1. The Bertz CT molecular complexity index is 1330. The number of rotatable bonds is 11. The normalized spacial score (nSPS) is 12.4. The lowest BCUT2D eigenvalue weighted by Gasteiger charge is -2.33. The minimum absolute atomic E-state index is 0.0284. The summed E-state index contributed by atoms with van der Waals surface area (Å²) in [5.74, 6) is -0.780. The first-order valence-electron chi connectivity index (χ1n) is 12.4. The summed E-state index contributed by atoms with van der Waals surface area (Å²) in [6.45, 7) is 5.40. The van der Waals surface area contributed by atoms with Gasteiger partial charge < -0.3 is 10.2 Å². The van der Waals surface area contributed by atoms with Crippen molar-refractivity contribution >= 4 is 33.4 Å². The van der Waals surface area contributed by atoms with Crippen LogP contribution < -0.4 is 5.32 Å². The SMILES string of the molecule is Cc1ccc(CN(C(=O)CN(C)S(=O)(=O)c2ccc(Cl)cc2)C(Cc2ccccc2)C(=O)NC(C)C)cc1. The zero-order valence-corrected chi connectivity index (χ0v) is 23.7. The Morgan fingerprint density at radius 1 is 0.895 bits per heavy atom. The van der Waals surface area contributed by atoms with Gasteiger partial charge in [-0.15, -0.1) is 0 Å². The van der Waals surface area contributed by atoms with Gasteiger partial charge in [-0.3, -0.25) is 9.59 Å². The van der Waals surface area contributed by atoms with Crippen molar-refractivity contribution in [3.05, 3.63) is 101 Å². The van der Waals surface area contributed by atoms with E-state index < -0.39 is 28.5 Å². The zero-order chi connectivity index (χ0) is 27.9. The molecule has 0 aliphatic rings. The van der Waals surface area contributed by atoms with Crippen molar-refractivity contribution in [3.63, 3.8) is 0 Å². The monoisotopic (exact) mass is 555 g/mol. The van der Waals surface area contributed by atoms with Gasteiger partial charge in [0.25, 0.3) is 0 Å². The molecule has 7 nitrogen and oxygen atoms in total. The lowest BCUT2D eigenvalue weighted by atomic mass is 10.0. The number of nitrogens with one attached hydrogen (secondary N) is 1. The molecule has 0 bridgehead atoms. The average Bonchev–Trinajstić information content (AvgIpc) is 2.87. The van der Waals surface area contributed by atoms with Crippen LogP contribution in [0.3, 0.4) is 0 Å². The van der Waals surface area contributed by atoms with Crippen molar-refractivity contribution in [2.45, 2.75) is 50.7 Å². The second-order valence-electron chi connectivity index (χ2n) is 9.59. The fraction of sp³-hybridized carbons (Fsp3) is 0.310. The van der Waals surface area contributed by atoms with Gasteiger partial charge in [-0.25, -0.2) is 8.42 Å². The van der Waals surface area contributed by atoms with E-state index in [2.05, 4.69) is 5.32 Å². The fourth-order valence-electron chi connectivity index (χ4n) is 3.98. The molecule has 1 N–H and O–H groups in total. The first kappa shape index (κ1) is 29.4. The summed E-state index contributed by atoms with van der Waals surface area (Å²) in [4.78, 5) is 28.7. The Kier molecular flexibility index (Phi) is 10.1. The molecular weight excluding hydrogens is 522 g/mol. The molecule has 0 aliphatic heterocycles. The molecule has 3 aromatic carbocycles. The third-order valence-electron chi connectivity index (χ3n) is 6.06. The van der Waals surface area contributed by atoms with Crippen LogP contribution in [0.25, 0.3) is 0 Å². The minimum atomic E-state index is -3.96. The molecule has 0 spiro atoms. The van der Waals surface area contributed by atoms with Crippen molar-refractivity contribution in [2.75, 3.05) is 13.6 Å². The summed E-state index contributed by atoms with van der Waals surface area (Å²) >= 11 is 5.91. The Hall–Kier alpha value is -3.20. The van der Waals surface area contributed by atoms with E-state index in [1.165, 1.54) is 36.2 Å². The molecule has 0 radical (unpaired) electrons. The number of sulfonamides is 1. The van der Waals surface area contributed by atoms with Crippen molar-refractivity contribution in [1.29, 1.82) is 0 Å². The van der Waals surface area contributed by atoms with Crippen LogP contribution >= 0.6 is 11.6 Å². The highest BCUT2D eigenvalue weighted by Gasteiger charge is 2.33. The Morgan fingerprint density at radius 2 is 1.50 bits per heavy atom. The van der Waals surface area contributed by atoms with E-state index in [0.29, 0.717) is 5.02 Å². The lowest BCUT2D eigenvalue weighted by molar-refractivity contribution is -0.141. The molecule has 0 aromatic heterocycles. The molecule has 1 unspecified atom stereocenters. The van der Waals surface area contributed by atoms with Crippen LogP contribution in [0.4, 0.5) is 0 Å². The van der Waals surface area contributed by atoms with Gasteiger partial charge in [-0.2, -0.15) is 4.31 Å². The molecule has 3 aromatic rings. The van der Waals surface area contributed by atoms with E-state index in [1.54, 1.807) is 0 Å². The van der Waals surface area contributed by atoms with Crippen molar-refractivity contribution < 1.29 is 18.0 Å². The van der Waals surface area contributed by atoms with Crippen molar-refractivity contribution in [1.82, 2.24) is 14.5 Å². The highest BCUT2D eigenvalue weighted by atomic mass is 35.5. The summed E-state index contributed by atoms with van der Waals surface area (Å²) in [6.07, 6.45) is 0.282. The summed E-state index contributed by atoms with van der Waals surface area (Å²) in [5, 5.41) is 3.34. The van der Waals surface area contributed by atoms with Crippen LogP contribution in [0.15, 0.2) is 83.8 Å². The predicted octanol–water partition coefficient (Wildman–Crippen LogP) is 4.43. The van der Waals surface area contributed by atoms with Crippen molar-refractivity contribution in [2.24, 2.45) is 0 Å². The molecular formula is C29H34ClN3O4S. The van der Waals surface area contributed by atoms with E-state index >= 15 is 0 Å². The zero-order valence-electron chi connectivity index (χ0n) is 22.1. The van der Waals surface area contributed by atoms with E-state index in [4.69, 9.17) is 11.6 Å². The van der Waals surface area contributed by atoms with Crippen LogP contribution in [-0.2, 0) is 32.6 Å². The smallest absolute Gasteiger partial charge is 0.243 e. The average molecular weight is 556 g/mol. The first-order chi connectivity index (χ1) is 18.0. The molecule has 9 heteroatoms. The number of carbonyl (C=O) groups is 2. The molecule has 0 saturated carbocycles. The topological polar surface area (TPSA) is 86.8 Å². The molecule has 202 valence electrons. The summed E-state index contributed by atoms with van der Waals surface area (Å²) < 4.78 is 27.3. The predicted molar refractivity (Wildman–Crippen MR) is 150 cm³/mol.